The Bertz CT molecular complexity index is 1310. The van der Waals surface area contributed by atoms with Crippen LogP contribution in [0.4, 0.5) is 10.1 Å². The molecule has 5 rings (SSSR count). The highest BCUT2D eigenvalue weighted by Crippen LogP contribution is 2.29. The number of pyridine rings is 1. The molecule has 0 atom stereocenters. The highest BCUT2D eigenvalue weighted by atomic mass is 79.9. The molecule has 6 heteroatoms. The van der Waals surface area contributed by atoms with Crippen molar-refractivity contribution in [2.75, 3.05) is 31.1 Å². The summed E-state index contributed by atoms with van der Waals surface area (Å²) in [6.07, 6.45) is 0. The smallest absolute Gasteiger partial charge is 0.254 e. The SMILES string of the molecule is Cc1ccc(-c2cc(C(=O)N3CCN(c4ccc(F)cc4)CC3)c3cc(Br)ccc3n2)cc1. The summed E-state index contributed by atoms with van der Waals surface area (Å²) in [5.41, 5.74) is 5.39. The lowest BCUT2D eigenvalue weighted by Crippen LogP contribution is -2.48. The number of hydrogen-bond donors (Lipinski definition) is 0. The van der Waals surface area contributed by atoms with Crippen molar-refractivity contribution in [1.29, 1.82) is 0 Å². The zero-order chi connectivity index (χ0) is 22.9. The van der Waals surface area contributed by atoms with Crippen LogP contribution in [-0.2, 0) is 0 Å². The van der Waals surface area contributed by atoms with Crippen molar-refractivity contribution in [1.82, 2.24) is 9.88 Å². The molecule has 0 saturated carbocycles. The van der Waals surface area contributed by atoms with E-state index in [0.29, 0.717) is 31.7 Å². The van der Waals surface area contributed by atoms with E-state index >= 15 is 0 Å². The van der Waals surface area contributed by atoms with Crippen LogP contribution in [0.3, 0.4) is 0 Å². The van der Waals surface area contributed by atoms with Crippen molar-refractivity contribution in [2.24, 2.45) is 0 Å². The second-order valence-electron chi connectivity index (χ2n) is 8.34. The monoisotopic (exact) mass is 503 g/mol. The normalized spacial score (nSPS) is 14.0. The van der Waals surface area contributed by atoms with E-state index in [0.717, 1.165) is 32.3 Å². The van der Waals surface area contributed by atoms with Crippen LogP contribution < -0.4 is 4.90 Å². The lowest BCUT2D eigenvalue weighted by atomic mass is 10.0. The number of fused-ring (bicyclic) bond motifs is 1. The van der Waals surface area contributed by atoms with Crippen molar-refractivity contribution in [3.8, 4) is 11.3 Å². The summed E-state index contributed by atoms with van der Waals surface area (Å²) in [7, 11) is 0. The number of amides is 1. The molecule has 2 heterocycles. The minimum absolute atomic E-state index is 0.00705. The number of hydrogen-bond acceptors (Lipinski definition) is 3. The lowest BCUT2D eigenvalue weighted by molar-refractivity contribution is 0.0748. The van der Waals surface area contributed by atoms with Crippen molar-refractivity contribution in [2.45, 2.75) is 6.92 Å². The maximum absolute atomic E-state index is 13.7. The summed E-state index contributed by atoms with van der Waals surface area (Å²) in [6.45, 7) is 4.67. The summed E-state index contributed by atoms with van der Waals surface area (Å²) < 4.78 is 14.2. The van der Waals surface area contributed by atoms with Gasteiger partial charge in [-0.2, -0.15) is 0 Å². The van der Waals surface area contributed by atoms with Gasteiger partial charge in [-0.05, 0) is 55.5 Å². The van der Waals surface area contributed by atoms with Gasteiger partial charge < -0.3 is 9.80 Å². The van der Waals surface area contributed by atoms with Crippen molar-refractivity contribution >= 4 is 38.4 Å². The first-order valence-corrected chi connectivity index (χ1v) is 11.7. The zero-order valence-corrected chi connectivity index (χ0v) is 19.8. The Morgan fingerprint density at radius 1 is 0.909 bits per heavy atom. The summed E-state index contributed by atoms with van der Waals surface area (Å²) in [5, 5.41) is 0.839. The highest BCUT2D eigenvalue weighted by Gasteiger charge is 2.24. The minimum atomic E-state index is -0.243. The molecule has 0 unspecified atom stereocenters. The summed E-state index contributed by atoms with van der Waals surface area (Å²) in [4.78, 5) is 22.6. The number of nitrogens with zero attached hydrogens (tertiary/aromatic N) is 3. The predicted octanol–water partition coefficient (Wildman–Crippen LogP) is 6.07. The number of rotatable bonds is 3. The third-order valence-corrected chi connectivity index (χ3v) is 6.60. The van der Waals surface area contributed by atoms with Crippen LogP contribution in [0.15, 0.2) is 77.3 Å². The van der Waals surface area contributed by atoms with Gasteiger partial charge in [-0.15, -0.1) is 0 Å². The van der Waals surface area contributed by atoms with Crippen LogP contribution in [0.5, 0.6) is 0 Å². The fourth-order valence-corrected chi connectivity index (χ4v) is 4.60. The Morgan fingerprint density at radius 2 is 1.61 bits per heavy atom. The highest BCUT2D eigenvalue weighted by molar-refractivity contribution is 9.10. The molecule has 4 nitrogen and oxygen atoms in total. The number of aromatic nitrogens is 1. The van der Waals surface area contributed by atoms with E-state index < -0.39 is 0 Å². The Balaban J connectivity index is 1.45. The van der Waals surface area contributed by atoms with Crippen LogP contribution in [0.2, 0.25) is 0 Å². The predicted molar refractivity (Wildman–Crippen MR) is 134 cm³/mol. The first-order valence-electron chi connectivity index (χ1n) is 10.9. The van der Waals surface area contributed by atoms with Gasteiger partial charge in [0.05, 0.1) is 16.8 Å². The Hall–Kier alpha value is -3.25. The number of anilines is 1. The molecule has 1 aliphatic heterocycles. The third kappa shape index (κ3) is 4.48. The number of carbonyl (C=O) groups excluding carboxylic acids is 1. The average Bonchev–Trinajstić information content (AvgIpc) is 2.84. The number of aryl methyl sites for hydroxylation is 1. The van der Waals surface area contributed by atoms with Gasteiger partial charge in [-0.1, -0.05) is 45.8 Å². The van der Waals surface area contributed by atoms with Gasteiger partial charge in [0.25, 0.3) is 5.91 Å². The van der Waals surface area contributed by atoms with Crippen LogP contribution >= 0.6 is 15.9 Å². The van der Waals surface area contributed by atoms with Crippen LogP contribution in [-0.4, -0.2) is 42.0 Å². The quantitative estimate of drug-likeness (QED) is 0.340. The topological polar surface area (TPSA) is 36.4 Å². The van der Waals surface area contributed by atoms with Gasteiger partial charge in [0.15, 0.2) is 0 Å². The second-order valence-corrected chi connectivity index (χ2v) is 9.25. The molecular weight excluding hydrogens is 481 g/mol. The Labute approximate surface area is 200 Å². The maximum atomic E-state index is 13.7. The molecule has 1 fully saturated rings. The number of halogens is 2. The molecule has 4 aromatic rings. The third-order valence-electron chi connectivity index (χ3n) is 6.11. The Kier molecular flexibility index (Phi) is 5.85. The van der Waals surface area contributed by atoms with Crippen molar-refractivity contribution in [3.63, 3.8) is 0 Å². The minimum Gasteiger partial charge on any atom is -0.368 e. The van der Waals surface area contributed by atoms with Crippen molar-refractivity contribution in [3.05, 3.63) is 94.2 Å². The van der Waals surface area contributed by atoms with Crippen LogP contribution in [0.25, 0.3) is 22.2 Å². The summed E-state index contributed by atoms with van der Waals surface area (Å²) in [6, 6.07) is 22.5. The van der Waals surface area contributed by atoms with Gasteiger partial charge in [-0.3, -0.25) is 4.79 Å². The van der Waals surface area contributed by atoms with E-state index in [1.54, 1.807) is 12.1 Å². The zero-order valence-electron chi connectivity index (χ0n) is 18.3. The van der Waals surface area contributed by atoms with Gasteiger partial charge in [0, 0.05) is 47.3 Å². The Morgan fingerprint density at radius 3 is 2.30 bits per heavy atom. The molecular formula is C27H23BrFN3O. The maximum Gasteiger partial charge on any atom is 0.254 e. The molecule has 0 bridgehead atoms. The van der Waals surface area contributed by atoms with Crippen LogP contribution in [0, 0.1) is 12.7 Å². The molecule has 0 spiro atoms. The number of benzene rings is 3. The average molecular weight is 504 g/mol. The van der Waals surface area contributed by atoms with E-state index in [1.807, 2.05) is 41.3 Å². The van der Waals surface area contributed by atoms with Gasteiger partial charge in [-0.25, -0.2) is 9.37 Å². The molecule has 1 saturated heterocycles. The molecule has 33 heavy (non-hydrogen) atoms. The molecule has 0 N–H and O–H groups in total. The standard InChI is InChI=1S/C27H23BrFN3O/c1-18-2-4-19(5-3-18)26-17-24(23-16-20(28)6-11-25(23)30-26)27(33)32-14-12-31(13-15-32)22-9-7-21(29)8-10-22/h2-11,16-17H,12-15H2,1H3. The van der Waals surface area contributed by atoms with Crippen molar-refractivity contribution < 1.29 is 9.18 Å². The van der Waals surface area contributed by atoms with Crippen LogP contribution in [0.1, 0.15) is 15.9 Å². The van der Waals surface area contributed by atoms with E-state index in [9.17, 15) is 9.18 Å². The molecule has 1 amide bonds. The fraction of sp³-hybridized carbons (Fsp3) is 0.185. The first kappa shape index (κ1) is 21.6. The van der Waals surface area contributed by atoms with Gasteiger partial charge >= 0.3 is 0 Å². The molecule has 0 aliphatic carbocycles. The summed E-state index contributed by atoms with van der Waals surface area (Å²) >= 11 is 3.54. The summed E-state index contributed by atoms with van der Waals surface area (Å²) in [5.74, 6) is -0.236. The van der Waals surface area contributed by atoms with E-state index in [4.69, 9.17) is 4.98 Å². The first-order chi connectivity index (χ1) is 16.0. The lowest BCUT2D eigenvalue weighted by Gasteiger charge is -2.36. The molecule has 0 radical (unpaired) electrons. The number of piperazine rings is 1. The van der Waals surface area contributed by atoms with E-state index in [2.05, 4.69) is 39.9 Å². The number of carbonyl (C=O) groups is 1. The molecule has 1 aliphatic rings. The fourth-order valence-electron chi connectivity index (χ4n) is 4.24. The second kappa shape index (κ2) is 8.94. The largest absolute Gasteiger partial charge is 0.368 e. The van der Waals surface area contributed by atoms with E-state index in [-0.39, 0.29) is 11.7 Å². The van der Waals surface area contributed by atoms with E-state index in [1.165, 1.54) is 17.7 Å². The molecule has 1 aromatic heterocycles. The molecule has 166 valence electrons. The molecule has 3 aromatic carbocycles. The van der Waals surface area contributed by atoms with Gasteiger partial charge in [0.1, 0.15) is 5.82 Å². The van der Waals surface area contributed by atoms with Gasteiger partial charge in [0.2, 0.25) is 0 Å².